The molecular weight excluding hydrogens is 305 g/mol. The van der Waals surface area contributed by atoms with Crippen LogP contribution in [0.3, 0.4) is 0 Å². The second-order valence-corrected chi connectivity index (χ2v) is 4.30. The Morgan fingerprint density at radius 2 is 1.24 bits per heavy atom. The molecule has 0 heterocycles. The van der Waals surface area contributed by atoms with Gasteiger partial charge in [-0.3, -0.25) is 5.11 Å². The summed E-state index contributed by atoms with van der Waals surface area (Å²) in [6, 6.07) is 5.25. The molecule has 0 atom stereocenters. The van der Waals surface area contributed by atoms with Crippen LogP contribution in [0.5, 0.6) is 5.75 Å². The normalized spacial score (nSPS) is 13.7. The summed E-state index contributed by atoms with van der Waals surface area (Å²) in [5.41, 5.74) is -1.54. The molecule has 8 heteroatoms. The summed E-state index contributed by atoms with van der Waals surface area (Å²) in [6.07, 6.45) is -6.42. The molecule has 0 spiro atoms. The van der Waals surface area contributed by atoms with Crippen LogP contribution in [0, 0.1) is 0 Å². The zero-order valence-corrected chi connectivity index (χ0v) is 10.0. The third-order valence-corrected chi connectivity index (χ3v) is 2.97. The van der Waals surface area contributed by atoms with Crippen molar-refractivity contribution in [2.75, 3.05) is 0 Å². The van der Waals surface area contributed by atoms with Gasteiger partial charge in [-0.25, -0.2) is 0 Å². The fourth-order valence-corrected chi connectivity index (χ4v) is 1.90. The molecule has 0 aliphatic carbocycles. The minimum atomic E-state index is -6.42. The van der Waals surface area contributed by atoms with E-state index in [1.54, 1.807) is 0 Å². The van der Waals surface area contributed by atoms with E-state index >= 15 is 0 Å². The molecule has 0 amide bonds. The summed E-state index contributed by atoms with van der Waals surface area (Å²) in [4.78, 5) is 0. The third kappa shape index (κ3) is 2.18. The van der Waals surface area contributed by atoms with Crippen LogP contribution in [0.4, 0.5) is 30.7 Å². The zero-order valence-electron chi connectivity index (χ0n) is 10.0. The predicted octanol–water partition coefficient (Wildman–Crippen LogP) is 5.27. The van der Waals surface area contributed by atoms with E-state index in [-0.39, 0.29) is 5.39 Å². The van der Waals surface area contributed by atoms with E-state index in [0.717, 1.165) is 30.3 Å². The number of alkyl halides is 7. The molecule has 0 fully saturated rings. The van der Waals surface area contributed by atoms with Crippen LogP contribution in [-0.4, -0.2) is 12.1 Å². The van der Waals surface area contributed by atoms with E-state index in [2.05, 4.69) is 0 Å². The Bertz CT molecular complexity index is 676. The van der Waals surface area contributed by atoms with Gasteiger partial charge in [0, 0.05) is 10.9 Å². The zero-order chi connectivity index (χ0) is 16.1. The molecule has 1 radical (unpaired) electrons. The number of hydrogen-bond donors (Lipinski definition) is 0. The average Bonchev–Trinajstić information content (AvgIpc) is 2.37. The van der Waals surface area contributed by atoms with E-state index in [1.165, 1.54) is 0 Å². The quantitative estimate of drug-likeness (QED) is 0.673. The van der Waals surface area contributed by atoms with E-state index in [4.69, 9.17) is 0 Å². The average molecular weight is 311 g/mol. The maximum absolute atomic E-state index is 13.7. The Balaban J connectivity index is 2.74. The van der Waals surface area contributed by atoms with Gasteiger partial charge in [-0.2, -0.15) is 30.7 Å². The maximum Gasteiger partial charge on any atom is 0.460 e. The van der Waals surface area contributed by atoms with Gasteiger partial charge in [0.1, 0.15) is 0 Å². The molecule has 0 unspecified atom stereocenters. The lowest BCUT2D eigenvalue weighted by atomic mass is 9.95. The Kier molecular flexibility index (Phi) is 3.30. The second kappa shape index (κ2) is 4.51. The first-order valence-corrected chi connectivity index (χ1v) is 5.52. The van der Waals surface area contributed by atoms with Gasteiger partial charge in [-0.1, -0.05) is 30.3 Å². The smallest absolute Gasteiger partial charge is 0.289 e. The van der Waals surface area contributed by atoms with Crippen LogP contribution in [0.25, 0.3) is 10.8 Å². The summed E-state index contributed by atoms with van der Waals surface area (Å²) in [7, 11) is 0. The first-order valence-electron chi connectivity index (χ1n) is 5.52. The first-order chi connectivity index (χ1) is 9.50. The van der Waals surface area contributed by atoms with Gasteiger partial charge >= 0.3 is 18.0 Å². The fourth-order valence-electron chi connectivity index (χ4n) is 1.90. The molecule has 0 saturated carbocycles. The van der Waals surface area contributed by atoms with E-state index in [1.807, 2.05) is 0 Å². The summed E-state index contributed by atoms with van der Waals surface area (Å²) < 4.78 is 90.2. The van der Waals surface area contributed by atoms with Crippen molar-refractivity contribution in [2.45, 2.75) is 18.0 Å². The molecule has 2 aromatic rings. The van der Waals surface area contributed by atoms with Crippen LogP contribution < -0.4 is 0 Å². The monoisotopic (exact) mass is 311 g/mol. The topological polar surface area (TPSA) is 19.9 Å². The van der Waals surface area contributed by atoms with Gasteiger partial charge in [0.15, 0.2) is 5.75 Å². The minimum absolute atomic E-state index is 0.354. The largest absolute Gasteiger partial charge is 0.460 e. The molecule has 0 aliphatic heterocycles. The van der Waals surface area contributed by atoms with Crippen LogP contribution >= 0.6 is 0 Å². The van der Waals surface area contributed by atoms with Crippen LogP contribution in [0.1, 0.15) is 5.56 Å². The Morgan fingerprint density at radius 1 is 0.714 bits per heavy atom. The third-order valence-electron chi connectivity index (χ3n) is 2.97. The van der Waals surface area contributed by atoms with Crippen molar-refractivity contribution in [1.29, 1.82) is 0 Å². The second-order valence-electron chi connectivity index (χ2n) is 4.30. The van der Waals surface area contributed by atoms with Crippen LogP contribution in [-0.2, 0) is 11.0 Å². The highest BCUT2D eigenvalue weighted by molar-refractivity contribution is 5.91. The Morgan fingerprint density at radius 3 is 1.81 bits per heavy atom. The molecule has 0 N–H and O–H groups in total. The molecule has 0 bridgehead atoms. The predicted molar refractivity (Wildman–Crippen MR) is 59.0 cm³/mol. The number of benzene rings is 2. The number of rotatable bonds is 2. The molecule has 0 saturated heterocycles. The van der Waals surface area contributed by atoms with Crippen molar-refractivity contribution < 1.29 is 35.8 Å². The van der Waals surface area contributed by atoms with Crippen molar-refractivity contribution >= 4 is 10.8 Å². The van der Waals surface area contributed by atoms with Crippen molar-refractivity contribution in [3.63, 3.8) is 0 Å². The highest BCUT2D eigenvalue weighted by atomic mass is 19.4. The Hall–Kier alpha value is -1.99. The summed E-state index contributed by atoms with van der Waals surface area (Å²) >= 11 is 0. The van der Waals surface area contributed by atoms with Crippen molar-refractivity contribution in [3.8, 4) is 5.75 Å². The van der Waals surface area contributed by atoms with Crippen molar-refractivity contribution in [2.24, 2.45) is 0 Å². The first kappa shape index (κ1) is 15.4. The van der Waals surface area contributed by atoms with Gasteiger partial charge in [-0.05, 0) is 11.5 Å². The van der Waals surface area contributed by atoms with Gasteiger partial charge < -0.3 is 0 Å². The lowest BCUT2D eigenvalue weighted by Crippen LogP contribution is -2.50. The molecule has 0 aliphatic rings. The highest BCUT2D eigenvalue weighted by Gasteiger charge is 2.73. The molecule has 2 rings (SSSR count). The minimum Gasteiger partial charge on any atom is -0.289 e. The standard InChI is InChI=1S/C13H6F7O/c14-11(15,12(16,17)13(18,19)20)9-5-1-4-8-7(9)3-2-6-10(8)21/h1-6H. The number of hydrogen-bond acceptors (Lipinski definition) is 0. The van der Waals surface area contributed by atoms with Gasteiger partial charge in [-0.15, -0.1) is 0 Å². The van der Waals surface area contributed by atoms with Crippen molar-refractivity contribution in [1.82, 2.24) is 0 Å². The summed E-state index contributed by atoms with van der Waals surface area (Å²) in [5, 5.41) is 10.5. The molecule has 21 heavy (non-hydrogen) atoms. The molecule has 1 nitrogen and oxygen atoms in total. The molecule has 2 aromatic carbocycles. The van der Waals surface area contributed by atoms with Crippen molar-refractivity contribution in [3.05, 3.63) is 42.0 Å². The highest BCUT2D eigenvalue weighted by Crippen LogP contribution is 2.53. The Labute approximate surface area is 113 Å². The number of fused-ring (bicyclic) bond motifs is 1. The fraction of sp³-hybridized carbons (Fsp3) is 0.231. The lowest BCUT2D eigenvalue weighted by molar-refractivity contribution is -0.359. The van der Waals surface area contributed by atoms with Gasteiger partial charge in [0.2, 0.25) is 0 Å². The van der Waals surface area contributed by atoms with Gasteiger partial charge in [0.05, 0.1) is 0 Å². The summed E-state index contributed by atoms with van der Waals surface area (Å²) in [5.74, 6) is -12.5. The van der Waals surface area contributed by atoms with Gasteiger partial charge in [0.25, 0.3) is 0 Å². The summed E-state index contributed by atoms with van der Waals surface area (Å²) in [6.45, 7) is 0. The number of halogens is 7. The molecule has 113 valence electrons. The molecular formula is C13H6F7O. The maximum atomic E-state index is 13.7. The van der Waals surface area contributed by atoms with E-state index in [0.29, 0.717) is 6.07 Å². The lowest BCUT2D eigenvalue weighted by Gasteiger charge is -2.29. The SMILES string of the molecule is [O]c1cccc2c(C(F)(F)C(F)(F)C(F)(F)F)cccc12. The van der Waals surface area contributed by atoms with Crippen LogP contribution in [0.15, 0.2) is 36.4 Å². The van der Waals surface area contributed by atoms with E-state index < -0.39 is 34.7 Å². The van der Waals surface area contributed by atoms with E-state index in [9.17, 15) is 35.8 Å². The molecule has 0 aromatic heterocycles. The van der Waals surface area contributed by atoms with Crippen LogP contribution in [0.2, 0.25) is 0 Å².